The molecule has 0 saturated heterocycles. The number of aromatic amines is 1. The van der Waals surface area contributed by atoms with Gasteiger partial charge < -0.3 is 4.98 Å². The van der Waals surface area contributed by atoms with E-state index in [0.717, 1.165) is 51.0 Å². The third kappa shape index (κ3) is 3.32. The highest BCUT2D eigenvalue weighted by molar-refractivity contribution is 6.31. The summed E-state index contributed by atoms with van der Waals surface area (Å²) < 4.78 is 13.9. The predicted molar refractivity (Wildman–Crippen MR) is 123 cm³/mol. The van der Waals surface area contributed by atoms with Crippen LogP contribution in [0, 0.1) is 29.5 Å². The van der Waals surface area contributed by atoms with E-state index in [9.17, 15) is 4.39 Å². The molecule has 2 heterocycles. The number of benzene rings is 2. The molecule has 0 amide bonds. The summed E-state index contributed by atoms with van der Waals surface area (Å²) in [4.78, 5) is 12.7. The minimum absolute atomic E-state index is 0.177. The van der Waals surface area contributed by atoms with Crippen LogP contribution in [0.2, 0.25) is 5.02 Å². The maximum atomic E-state index is 13.9. The number of nitrogens with one attached hydrogen (secondary N) is 1. The van der Waals surface area contributed by atoms with Crippen LogP contribution in [0.15, 0.2) is 48.7 Å². The van der Waals surface area contributed by atoms with Gasteiger partial charge in [0.2, 0.25) is 0 Å². The van der Waals surface area contributed by atoms with Crippen LogP contribution in [0.4, 0.5) is 4.39 Å². The number of nitrogens with zero attached hydrogens (tertiary/aromatic N) is 2. The van der Waals surface area contributed by atoms with Crippen LogP contribution in [0.25, 0.3) is 21.9 Å². The van der Waals surface area contributed by atoms with Crippen LogP contribution in [-0.4, -0.2) is 15.0 Å². The lowest BCUT2D eigenvalue weighted by molar-refractivity contribution is 0.224. The Labute approximate surface area is 186 Å². The van der Waals surface area contributed by atoms with Crippen LogP contribution in [0.5, 0.6) is 0 Å². The first kappa shape index (κ1) is 19.2. The second-order valence-electron chi connectivity index (χ2n) is 9.59. The summed E-state index contributed by atoms with van der Waals surface area (Å²) in [6, 6.07) is 12.9. The van der Waals surface area contributed by atoms with Crippen molar-refractivity contribution in [3.8, 4) is 0 Å². The number of aromatic nitrogens is 3. The van der Waals surface area contributed by atoms with Crippen molar-refractivity contribution in [1.29, 1.82) is 0 Å². The van der Waals surface area contributed by atoms with Crippen molar-refractivity contribution < 1.29 is 4.39 Å². The van der Waals surface area contributed by atoms with E-state index in [0.29, 0.717) is 17.8 Å². The fourth-order valence-electron chi connectivity index (χ4n) is 6.45. The molecule has 2 aliphatic rings. The normalized spacial score (nSPS) is 26.2. The third-order valence-corrected chi connectivity index (χ3v) is 8.02. The highest BCUT2D eigenvalue weighted by atomic mass is 35.5. The van der Waals surface area contributed by atoms with E-state index in [1.165, 1.54) is 30.9 Å². The van der Waals surface area contributed by atoms with E-state index in [4.69, 9.17) is 16.6 Å². The maximum Gasteiger partial charge on any atom is 0.123 e. The summed E-state index contributed by atoms with van der Waals surface area (Å²) in [7, 11) is 0. The highest BCUT2D eigenvalue weighted by Gasteiger charge is 2.48. The Hall–Kier alpha value is -2.46. The first-order chi connectivity index (χ1) is 15.0. The van der Waals surface area contributed by atoms with Gasteiger partial charge in [-0.15, -0.1) is 0 Å². The van der Waals surface area contributed by atoms with E-state index >= 15 is 0 Å². The quantitative estimate of drug-likeness (QED) is 0.379. The van der Waals surface area contributed by atoms with Crippen LogP contribution in [0.3, 0.4) is 0 Å². The lowest BCUT2D eigenvalue weighted by Crippen LogP contribution is -2.24. The lowest BCUT2D eigenvalue weighted by Gasteiger charge is -2.32. The van der Waals surface area contributed by atoms with Gasteiger partial charge in [-0.1, -0.05) is 18.5 Å². The van der Waals surface area contributed by atoms with Gasteiger partial charge in [0.15, 0.2) is 0 Å². The molecule has 2 fully saturated rings. The summed E-state index contributed by atoms with van der Waals surface area (Å²) >= 11 is 6.12. The number of hydrogen-bond donors (Lipinski definition) is 1. The molecule has 2 bridgehead atoms. The Morgan fingerprint density at radius 2 is 1.94 bits per heavy atom. The molecule has 3 nitrogen and oxygen atoms in total. The zero-order chi connectivity index (χ0) is 21.1. The van der Waals surface area contributed by atoms with Gasteiger partial charge in [-0.2, -0.15) is 0 Å². The molecule has 0 spiro atoms. The van der Waals surface area contributed by atoms with E-state index in [2.05, 4.69) is 23.0 Å². The average molecular weight is 434 g/mol. The largest absolute Gasteiger partial charge is 0.342 e. The number of rotatable bonds is 4. The van der Waals surface area contributed by atoms with Gasteiger partial charge in [0.25, 0.3) is 0 Å². The van der Waals surface area contributed by atoms with E-state index in [1.807, 2.05) is 24.4 Å². The second-order valence-corrected chi connectivity index (χ2v) is 10.0. The van der Waals surface area contributed by atoms with Crippen molar-refractivity contribution in [2.45, 2.75) is 38.5 Å². The van der Waals surface area contributed by atoms with E-state index in [-0.39, 0.29) is 5.82 Å². The van der Waals surface area contributed by atoms with Gasteiger partial charge in [-0.25, -0.2) is 9.37 Å². The Balaban J connectivity index is 1.20. The highest BCUT2D eigenvalue weighted by Crippen LogP contribution is 2.58. The monoisotopic (exact) mass is 433 g/mol. The maximum absolute atomic E-state index is 13.9. The predicted octanol–water partition coefficient (Wildman–Crippen LogP) is 6.91. The lowest BCUT2D eigenvalue weighted by atomic mass is 9.73. The van der Waals surface area contributed by atoms with Crippen molar-refractivity contribution in [1.82, 2.24) is 15.0 Å². The molecule has 0 aliphatic heterocycles. The van der Waals surface area contributed by atoms with E-state index < -0.39 is 0 Å². The molecule has 5 unspecified atom stereocenters. The fraction of sp³-hybridized carbons (Fsp3) is 0.385. The number of halogens is 2. The van der Waals surface area contributed by atoms with Gasteiger partial charge in [0, 0.05) is 23.0 Å². The molecule has 5 heteroatoms. The number of hydrogen-bond acceptors (Lipinski definition) is 2. The molecule has 2 aliphatic carbocycles. The average Bonchev–Trinajstić information content (AvgIpc) is 3.46. The minimum Gasteiger partial charge on any atom is -0.342 e. The van der Waals surface area contributed by atoms with Crippen molar-refractivity contribution >= 4 is 33.5 Å². The third-order valence-electron chi connectivity index (χ3n) is 7.79. The zero-order valence-corrected chi connectivity index (χ0v) is 18.2. The van der Waals surface area contributed by atoms with Crippen LogP contribution in [-0.2, 0) is 6.42 Å². The Morgan fingerprint density at radius 3 is 2.77 bits per heavy atom. The van der Waals surface area contributed by atoms with Gasteiger partial charge >= 0.3 is 0 Å². The molecule has 2 aromatic heterocycles. The van der Waals surface area contributed by atoms with Crippen LogP contribution >= 0.6 is 11.6 Å². The smallest absolute Gasteiger partial charge is 0.123 e. The molecular weight excluding hydrogens is 409 g/mol. The molecule has 0 radical (unpaired) electrons. The summed E-state index contributed by atoms with van der Waals surface area (Å²) in [6.07, 6.45) is 6.59. The van der Waals surface area contributed by atoms with Gasteiger partial charge in [0.1, 0.15) is 11.6 Å². The number of fused-ring (bicyclic) bond motifs is 4. The summed E-state index contributed by atoms with van der Waals surface area (Å²) in [5.41, 5.74) is 4.18. The zero-order valence-electron chi connectivity index (χ0n) is 17.5. The molecule has 6 rings (SSSR count). The summed E-state index contributed by atoms with van der Waals surface area (Å²) in [5.74, 6) is 4.13. The molecule has 31 heavy (non-hydrogen) atoms. The molecule has 158 valence electrons. The van der Waals surface area contributed by atoms with Crippen LogP contribution < -0.4 is 0 Å². The minimum atomic E-state index is -0.177. The molecular formula is C26H25ClFN3. The SMILES string of the molecule is CC(Cc1nc2ccc(Cl)cc2[nH]1)C1CC2CC1CC2c1ccnc2ccc(F)cc12. The van der Waals surface area contributed by atoms with Gasteiger partial charge in [0.05, 0.1) is 16.6 Å². The van der Waals surface area contributed by atoms with Gasteiger partial charge in [-0.3, -0.25) is 4.98 Å². The first-order valence-electron chi connectivity index (χ1n) is 11.2. The topological polar surface area (TPSA) is 41.6 Å². The molecule has 1 N–H and O–H groups in total. The Bertz CT molecular complexity index is 1280. The fourth-order valence-corrected chi connectivity index (χ4v) is 6.62. The number of H-pyrrole nitrogens is 1. The second kappa shape index (κ2) is 7.30. The Morgan fingerprint density at radius 1 is 1.06 bits per heavy atom. The number of imidazole rings is 1. The summed E-state index contributed by atoms with van der Waals surface area (Å²) in [6.45, 7) is 2.37. The number of pyridine rings is 1. The standard InChI is InChI=1S/C26H25ClFN3/c1-14(8-26-30-24-4-2-17(27)12-25(24)31-26)20-10-16-9-15(20)11-21(16)19-6-7-29-23-5-3-18(28)13-22(19)23/h2-7,12-16,20-21H,8-11H2,1H3,(H,30,31). The van der Waals surface area contributed by atoms with Crippen LogP contribution in [0.1, 0.15) is 43.5 Å². The van der Waals surface area contributed by atoms with Crippen molar-refractivity contribution in [3.05, 3.63) is 70.9 Å². The van der Waals surface area contributed by atoms with E-state index in [1.54, 1.807) is 12.1 Å². The van der Waals surface area contributed by atoms with Crippen molar-refractivity contribution in [2.75, 3.05) is 0 Å². The first-order valence-corrected chi connectivity index (χ1v) is 11.6. The van der Waals surface area contributed by atoms with Gasteiger partial charge in [-0.05, 0) is 96.9 Å². The molecule has 2 saturated carbocycles. The molecule has 2 aromatic carbocycles. The Kier molecular flexibility index (Phi) is 4.53. The van der Waals surface area contributed by atoms with Crippen molar-refractivity contribution in [2.24, 2.45) is 23.7 Å². The molecule has 4 aromatic rings. The van der Waals surface area contributed by atoms with Crippen molar-refractivity contribution in [3.63, 3.8) is 0 Å². The molecule has 5 atom stereocenters. The summed E-state index contributed by atoms with van der Waals surface area (Å²) in [5, 5.41) is 1.73.